The van der Waals surface area contributed by atoms with E-state index < -0.39 is 11.2 Å². The fraction of sp³-hybridized carbons (Fsp3) is 0.538. The van der Waals surface area contributed by atoms with Crippen LogP contribution in [0.5, 0.6) is 0 Å². The zero-order chi connectivity index (χ0) is 15.0. The van der Waals surface area contributed by atoms with E-state index in [1.165, 1.54) is 0 Å². The van der Waals surface area contributed by atoms with Gasteiger partial charge in [0.15, 0.2) is 5.52 Å². The second-order valence-corrected chi connectivity index (χ2v) is 5.89. The molecule has 0 bridgehead atoms. The molecule has 3 rings (SSSR count). The van der Waals surface area contributed by atoms with Crippen LogP contribution >= 0.6 is 11.5 Å². The minimum absolute atomic E-state index is 0.150. The summed E-state index contributed by atoms with van der Waals surface area (Å²) in [4.78, 5) is 41.4. The maximum atomic E-state index is 12.4. The lowest BCUT2D eigenvalue weighted by Gasteiger charge is -2.13. The second-order valence-electron chi connectivity index (χ2n) is 5.12. The first kappa shape index (κ1) is 14.0. The lowest BCUT2D eigenvalue weighted by atomic mass is 10.3. The number of carbonyl (C=O) groups is 1. The Labute approximate surface area is 124 Å². The first-order valence-electron chi connectivity index (χ1n) is 7.05. The highest BCUT2D eigenvalue weighted by molar-refractivity contribution is 7.09. The highest BCUT2D eigenvalue weighted by Crippen LogP contribution is 2.21. The number of aromatic amines is 1. The smallest absolute Gasteiger partial charge is 0.328 e. The number of rotatable bonds is 3. The van der Waals surface area contributed by atoms with Crippen molar-refractivity contribution in [2.24, 2.45) is 0 Å². The lowest BCUT2D eigenvalue weighted by Crippen LogP contribution is -2.35. The third kappa shape index (κ3) is 2.29. The number of carbonyl (C=O) groups excluding carboxylic acids is 1. The van der Waals surface area contributed by atoms with E-state index in [1.54, 1.807) is 4.90 Å². The highest BCUT2D eigenvalue weighted by atomic mass is 32.1. The molecule has 1 amide bonds. The first-order valence-corrected chi connectivity index (χ1v) is 7.82. The molecule has 0 aliphatic carbocycles. The van der Waals surface area contributed by atoms with Gasteiger partial charge in [-0.3, -0.25) is 14.2 Å². The molecule has 7 nitrogen and oxygen atoms in total. The Kier molecular flexibility index (Phi) is 3.62. The average molecular weight is 308 g/mol. The third-order valence-corrected chi connectivity index (χ3v) is 4.49. The van der Waals surface area contributed by atoms with E-state index in [9.17, 15) is 14.4 Å². The first-order chi connectivity index (χ1) is 10.1. The molecule has 1 saturated heterocycles. The summed E-state index contributed by atoms with van der Waals surface area (Å²) in [7, 11) is 0. The molecule has 2 aromatic rings. The van der Waals surface area contributed by atoms with Gasteiger partial charge in [-0.25, -0.2) is 4.79 Å². The molecule has 0 atom stereocenters. The van der Waals surface area contributed by atoms with E-state index in [2.05, 4.69) is 9.36 Å². The number of nitrogens with one attached hydrogen (secondary N) is 1. The van der Waals surface area contributed by atoms with Crippen LogP contribution in [0.15, 0.2) is 9.59 Å². The Morgan fingerprint density at radius 2 is 2.05 bits per heavy atom. The number of hydrogen-bond acceptors (Lipinski definition) is 5. The molecule has 0 aromatic carbocycles. The van der Waals surface area contributed by atoms with E-state index >= 15 is 0 Å². The van der Waals surface area contributed by atoms with Crippen molar-refractivity contribution in [1.82, 2.24) is 18.8 Å². The summed E-state index contributed by atoms with van der Waals surface area (Å²) in [5.41, 5.74) is -0.452. The molecule has 0 unspecified atom stereocenters. The van der Waals surface area contributed by atoms with Crippen LogP contribution < -0.4 is 11.2 Å². The zero-order valence-corrected chi connectivity index (χ0v) is 12.5. The molecule has 0 saturated carbocycles. The number of aromatic nitrogens is 3. The van der Waals surface area contributed by atoms with Gasteiger partial charge in [0.1, 0.15) is 4.88 Å². The molecule has 1 fully saturated rings. The van der Waals surface area contributed by atoms with E-state index in [0.717, 1.165) is 42.0 Å². The average Bonchev–Trinajstić information content (AvgIpc) is 3.11. The van der Waals surface area contributed by atoms with Gasteiger partial charge in [-0.15, -0.1) is 0 Å². The molecule has 112 valence electrons. The van der Waals surface area contributed by atoms with Gasteiger partial charge in [0.25, 0.3) is 11.5 Å². The molecule has 2 aromatic heterocycles. The Bertz CT molecular complexity index is 798. The van der Waals surface area contributed by atoms with Crippen LogP contribution in [0.4, 0.5) is 0 Å². The minimum Gasteiger partial charge on any atom is -0.338 e. The predicted octanol–water partition coefficient (Wildman–Crippen LogP) is 0.792. The van der Waals surface area contributed by atoms with Gasteiger partial charge in [-0.2, -0.15) is 4.37 Å². The number of hydrogen-bond donors (Lipinski definition) is 1. The Hall–Kier alpha value is -1.96. The van der Waals surface area contributed by atoms with Crippen molar-refractivity contribution < 1.29 is 4.79 Å². The van der Waals surface area contributed by atoms with Crippen LogP contribution in [0, 0.1) is 0 Å². The van der Waals surface area contributed by atoms with E-state index in [0.29, 0.717) is 17.8 Å². The number of amides is 1. The van der Waals surface area contributed by atoms with Crippen molar-refractivity contribution >= 4 is 28.5 Å². The summed E-state index contributed by atoms with van der Waals surface area (Å²) in [5.74, 6) is -0.150. The normalized spacial score (nSPS) is 15.0. The van der Waals surface area contributed by atoms with Crippen molar-refractivity contribution in [3.63, 3.8) is 0 Å². The molecule has 1 N–H and O–H groups in total. The van der Waals surface area contributed by atoms with Crippen LogP contribution in [0.3, 0.4) is 0 Å². The fourth-order valence-electron chi connectivity index (χ4n) is 2.58. The van der Waals surface area contributed by atoms with Gasteiger partial charge < -0.3 is 9.88 Å². The molecule has 1 aliphatic heterocycles. The summed E-state index contributed by atoms with van der Waals surface area (Å²) in [5, 5.41) is 0. The molecule has 8 heteroatoms. The molecule has 21 heavy (non-hydrogen) atoms. The van der Waals surface area contributed by atoms with Crippen LogP contribution in [-0.4, -0.2) is 37.8 Å². The number of fused-ring (bicyclic) bond motifs is 1. The summed E-state index contributed by atoms with van der Waals surface area (Å²) < 4.78 is 5.22. The van der Waals surface area contributed by atoms with Gasteiger partial charge in [0.2, 0.25) is 0 Å². The zero-order valence-electron chi connectivity index (χ0n) is 11.7. The largest absolute Gasteiger partial charge is 0.338 e. The standard InChI is InChI=1S/C13H16N4O3S/c1-2-5-17-11(18)9-8(14-13(17)20)10(21-15-9)12(19)16-6-3-4-7-16/h2-7H2,1H3,(H,14,20). The maximum Gasteiger partial charge on any atom is 0.328 e. The van der Waals surface area contributed by atoms with Gasteiger partial charge in [-0.05, 0) is 30.8 Å². The lowest BCUT2D eigenvalue weighted by molar-refractivity contribution is 0.0799. The highest BCUT2D eigenvalue weighted by Gasteiger charge is 2.25. The van der Waals surface area contributed by atoms with Gasteiger partial charge >= 0.3 is 5.69 Å². The van der Waals surface area contributed by atoms with Crippen molar-refractivity contribution in [2.75, 3.05) is 13.1 Å². The predicted molar refractivity (Wildman–Crippen MR) is 79.9 cm³/mol. The molecular formula is C13H16N4O3S. The fourth-order valence-corrected chi connectivity index (χ4v) is 3.38. The summed E-state index contributed by atoms with van der Waals surface area (Å²) in [6.45, 7) is 3.67. The summed E-state index contributed by atoms with van der Waals surface area (Å²) in [6.07, 6.45) is 2.66. The maximum absolute atomic E-state index is 12.4. The van der Waals surface area contributed by atoms with Crippen molar-refractivity contribution in [3.05, 3.63) is 25.7 Å². The second kappa shape index (κ2) is 5.44. The quantitative estimate of drug-likeness (QED) is 0.908. The third-order valence-electron chi connectivity index (χ3n) is 3.65. The minimum atomic E-state index is -0.481. The van der Waals surface area contributed by atoms with E-state index in [4.69, 9.17) is 0 Å². The van der Waals surface area contributed by atoms with Crippen LogP contribution in [-0.2, 0) is 6.54 Å². The number of nitrogens with zero attached hydrogens (tertiary/aromatic N) is 3. The molecular weight excluding hydrogens is 292 g/mol. The van der Waals surface area contributed by atoms with Crippen LogP contribution in [0.1, 0.15) is 35.9 Å². The van der Waals surface area contributed by atoms with Crippen molar-refractivity contribution in [3.8, 4) is 0 Å². The number of H-pyrrole nitrogens is 1. The van der Waals surface area contributed by atoms with E-state index in [-0.39, 0.29) is 16.9 Å². The van der Waals surface area contributed by atoms with Crippen LogP contribution in [0.2, 0.25) is 0 Å². The molecule has 1 aliphatic rings. The van der Waals surface area contributed by atoms with Crippen LogP contribution in [0.25, 0.3) is 11.0 Å². The molecule has 0 radical (unpaired) electrons. The monoisotopic (exact) mass is 308 g/mol. The van der Waals surface area contributed by atoms with E-state index in [1.807, 2.05) is 6.92 Å². The SMILES string of the molecule is CCCn1c(=O)[nH]c2c(C(=O)N3CCCC3)snc2c1=O. The summed E-state index contributed by atoms with van der Waals surface area (Å²) in [6, 6.07) is 0. The Morgan fingerprint density at radius 1 is 1.33 bits per heavy atom. The van der Waals surface area contributed by atoms with Crippen molar-refractivity contribution in [2.45, 2.75) is 32.7 Å². The topological polar surface area (TPSA) is 88.1 Å². The van der Waals surface area contributed by atoms with Gasteiger partial charge in [-0.1, -0.05) is 6.92 Å². The Balaban J connectivity index is 2.12. The molecule has 3 heterocycles. The number of likely N-dealkylation sites (tertiary alicyclic amines) is 1. The van der Waals surface area contributed by atoms with Gasteiger partial charge in [0, 0.05) is 19.6 Å². The van der Waals surface area contributed by atoms with Crippen molar-refractivity contribution in [1.29, 1.82) is 0 Å². The van der Waals surface area contributed by atoms with Gasteiger partial charge in [0.05, 0.1) is 5.52 Å². The molecule has 0 spiro atoms. The Morgan fingerprint density at radius 3 is 2.71 bits per heavy atom. The summed E-state index contributed by atoms with van der Waals surface area (Å²) >= 11 is 0.983.